The smallest absolute Gasteiger partial charge is 0.256 e. The molecule has 0 radical (unpaired) electrons. The summed E-state index contributed by atoms with van der Waals surface area (Å²) in [6.07, 6.45) is 1.34. The maximum absolute atomic E-state index is 12.9. The number of benzene rings is 1. The van der Waals surface area contributed by atoms with E-state index in [1.807, 2.05) is 31.3 Å². The summed E-state index contributed by atoms with van der Waals surface area (Å²) >= 11 is 0. The number of nitrogens with one attached hydrogen (secondary N) is 1. The van der Waals surface area contributed by atoms with Crippen molar-refractivity contribution in [3.63, 3.8) is 0 Å². The number of nitrogens with zero attached hydrogens (tertiary/aromatic N) is 2. The SMILES string of the molecule is CN1CCC2(CC1)C(C#N)=C(N)Oc1c2c(=O)[nH]c2ccccc12. The number of pyridine rings is 1. The third kappa shape index (κ3) is 1.88. The Labute approximate surface area is 139 Å². The number of fused-ring (bicyclic) bond motifs is 4. The van der Waals surface area contributed by atoms with Gasteiger partial charge < -0.3 is 20.4 Å². The van der Waals surface area contributed by atoms with Gasteiger partial charge in [0, 0.05) is 10.8 Å². The molecule has 0 amide bonds. The lowest BCUT2D eigenvalue weighted by Gasteiger charge is -2.43. The number of ether oxygens (including phenoxy) is 1. The van der Waals surface area contributed by atoms with Crippen LogP contribution in [0.2, 0.25) is 0 Å². The van der Waals surface area contributed by atoms with Gasteiger partial charge in [0.25, 0.3) is 5.56 Å². The van der Waals surface area contributed by atoms with Crippen molar-refractivity contribution in [1.82, 2.24) is 9.88 Å². The number of nitriles is 1. The Morgan fingerprint density at radius 2 is 2.04 bits per heavy atom. The van der Waals surface area contributed by atoms with E-state index in [0.29, 0.717) is 35.2 Å². The maximum atomic E-state index is 12.9. The molecule has 4 rings (SSSR count). The number of aromatic amines is 1. The van der Waals surface area contributed by atoms with E-state index in [2.05, 4.69) is 16.0 Å². The molecule has 2 aliphatic heterocycles. The molecule has 2 aliphatic rings. The molecule has 0 atom stereocenters. The number of hydrogen-bond donors (Lipinski definition) is 2. The van der Waals surface area contributed by atoms with Crippen LogP contribution in [0.25, 0.3) is 10.9 Å². The third-order valence-corrected chi connectivity index (χ3v) is 5.24. The summed E-state index contributed by atoms with van der Waals surface area (Å²) in [5.74, 6) is 0.612. The number of likely N-dealkylation sites (tertiary alicyclic amines) is 1. The van der Waals surface area contributed by atoms with Gasteiger partial charge in [0.1, 0.15) is 17.4 Å². The van der Waals surface area contributed by atoms with E-state index >= 15 is 0 Å². The highest BCUT2D eigenvalue weighted by Gasteiger charge is 2.48. The first-order valence-corrected chi connectivity index (χ1v) is 7.99. The lowest BCUT2D eigenvalue weighted by Crippen LogP contribution is -2.47. The molecule has 1 saturated heterocycles. The van der Waals surface area contributed by atoms with Crippen molar-refractivity contribution < 1.29 is 4.74 Å². The van der Waals surface area contributed by atoms with E-state index in [4.69, 9.17) is 10.5 Å². The largest absolute Gasteiger partial charge is 0.439 e. The highest BCUT2D eigenvalue weighted by molar-refractivity contribution is 5.87. The number of rotatable bonds is 0. The average Bonchev–Trinajstić information content (AvgIpc) is 2.57. The first kappa shape index (κ1) is 14.8. The van der Waals surface area contributed by atoms with Crippen LogP contribution in [0.3, 0.4) is 0 Å². The van der Waals surface area contributed by atoms with Crippen molar-refractivity contribution in [2.24, 2.45) is 5.73 Å². The van der Waals surface area contributed by atoms with Crippen molar-refractivity contribution >= 4 is 10.9 Å². The molecule has 1 aromatic heterocycles. The van der Waals surface area contributed by atoms with Crippen molar-refractivity contribution in [3.05, 3.63) is 51.6 Å². The zero-order chi connectivity index (χ0) is 16.9. The molecule has 3 heterocycles. The lowest BCUT2D eigenvalue weighted by atomic mass is 9.67. The van der Waals surface area contributed by atoms with Crippen molar-refractivity contribution in [3.8, 4) is 11.8 Å². The van der Waals surface area contributed by atoms with Crippen LogP contribution < -0.4 is 16.0 Å². The quantitative estimate of drug-likeness (QED) is 0.768. The van der Waals surface area contributed by atoms with Crippen molar-refractivity contribution in [2.75, 3.05) is 20.1 Å². The molecule has 122 valence electrons. The normalized spacial score (nSPS) is 19.8. The number of nitrogens with two attached hydrogens (primary N) is 1. The van der Waals surface area contributed by atoms with Gasteiger partial charge in [-0.1, -0.05) is 12.1 Å². The summed E-state index contributed by atoms with van der Waals surface area (Å²) in [5, 5.41) is 10.5. The minimum atomic E-state index is -0.670. The Bertz CT molecular complexity index is 959. The molecule has 1 spiro atoms. The van der Waals surface area contributed by atoms with Crippen molar-refractivity contribution in [2.45, 2.75) is 18.3 Å². The summed E-state index contributed by atoms with van der Waals surface area (Å²) in [7, 11) is 2.04. The predicted molar refractivity (Wildman–Crippen MR) is 90.4 cm³/mol. The van der Waals surface area contributed by atoms with Gasteiger partial charge in [-0.25, -0.2) is 0 Å². The molecule has 3 N–H and O–H groups in total. The van der Waals surface area contributed by atoms with Crippen LogP contribution in [0.4, 0.5) is 0 Å². The van der Waals surface area contributed by atoms with Gasteiger partial charge >= 0.3 is 0 Å². The zero-order valence-corrected chi connectivity index (χ0v) is 13.4. The third-order valence-electron chi connectivity index (χ3n) is 5.24. The zero-order valence-electron chi connectivity index (χ0n) is 13.4. The fourth-order valence-electron chi connectivity index (χ4n) is 3.94. The summed E-state index contributed by atoms with van der Waals surface area (Å²) in [6, 6.07) is 9.69. The van der Waals surface area contributed by atoms with Crippen LogP contribution in [0.1, 0.15) is 18.4 Å². The molecule has 0 saturated carbocycles. The van der Waals surface area contributed by atoms with E-state index in [9.17, 15) is 10.1 Å². The van der Waals surface area contributed by atoms with Gasteiger partial charge in [0.05, 0.1) is 11.1 Å². The number of aromatic nitrogens is 1. The van der Waals surface area contributed by atoms with Crippen LogP contribution in [0.5, 0.6) is 5.75 Å². The Hall–Kier alpha value is -2.78. The molecule has 2 aromatic rings. The highest BCUT2D eigenvalue weighted by Crippen LogP contribution is 2.49. The average molecular weight is 322 g/mol. The standard InChI is InChI=1S/C18H18N4O2/c1-22-8-6-18(7-9-22)12(10-19)16(20)24-15-11-4-2-3-5-13(11)21-17(23)14(15)18/h2-5H,6-9,20H2,1H3,(H,21,23). The fraction of sp³-hybridized carbons (Fsp3) is 0.333. The second kappa shape index (κ2) is 5.11. The summed E-state index contributed by atoms with van der Waals surface area (Å²) < 4.78 is 5.79. The van der Waals surface area contributed by atoms with E-state index in [-0.39, 0.29) is 11.4 Å². The maximum Gasteiger partial charge on any atom is 0.256 e. The molecule has 1 aromatic carbocycles. The number of para-hydroxylation sites is 1. The molecule has 1 fully saturated rings. The number of H-pyrrole nitrogens is 1. The molecule has 0 bridgehead atoms. The summed E-state index contributed by atoms with van der Waals surface area (Å²) in [4.78, 5) is 18.0. The number of allylic oxidation sites excluding steroid dienone is 1. The highest BCUT2D eigenvalue weighted by atomic mass is 16.5. The fourth-order valence-corrected chi connectivity index (χ4v) is 3.94. The second-order valence-electron chi connectivity index (χ2n) is 6.54. The first-order valence-electron chi connectivity index (χ1n) is 7.99. The molecule has 0 unspecified atom stereocenters. The minimum Gasteiger partial charge on any atom is -0.439 e. The molecule has 0 aliphatic carbocycles. The predicted octanol–water partition coefficient (Wildman–Crippen LogP) is 1.58. The molecular formula is C18H18N4O2. The second-order valence-corrected chi connectivity index (χ2v) is 6.54. The first-order chi connectivity index (χ1) is 11.6. The van der Waals surface area contributed by atoms with E-state index in [1.165, 1.54) is 0 Å². The Morgan fingerprint density at radius 1 is 1.33 bits per heavy atom. The van der Waals surface area contributed by atoms with Crippen molar-refractivity contribution in [1.29, 1.82) is 5.26 Å². The van der Waals surface area contributed by atoms with Crippen LogP contribution in [0, 0.1) is 11.3 Å². The Morgan fingerprint density at radius 3 is 2.75 bits per heavy atom. The van der Waals surface area contributed by atoms with Crippen LogP contribution in [-0.2, 0) is 5.41 Å². The minimum absolute atomic E-state index is 0.116. The molecule has 6 heteroatoms. The van der Waals surface area contributed by atoms with E-state index < -0.39 is 5.41 Å². The van der Waals surface area contributed by atoms with Crippen LogP contribution in [0.15, 0.2) is 40.5 Å². The Kier molecular flexibility index (Phi) is 3.15. The molecule has 24 heavy (non-hydrogen) atoms. The molecule has 6 nitrogen and oxygen atoms in total. The van der Waals surface area contributed by atoms with Gasteiger partial charge in [-0.15, -0.1) is 0 Å². The van der Waals surface area contributed by atoms with Crippen LogP contribution in [-0.4, -0.2) is 30.0 Å². The summed E-state index contributed by atoms with van der Waals surface area (Å²) in [5.41, 5.74) is 6.85. The van der Waals surface area contributed by atoms with Crippen LogP contribution >= 0.6 is 0 Å². The van der Waals surface area contributed by atoms with E-state index in [0.717, 1.165) is 18.5 Å². The Balaban J connectivity index is 2.07. The van der Waals surface area contributed by atoms with E-state index in [1.54, 1.807) is 0 Å². The van der Waals surface area contributed by atoms with Gasteiger partial charge in [-0.3, -0.25) is 4.79 Å². The molecular weight excluding hydrogens is 304 g/mol. The van der Waals surface area contributed by atoms with Gasteiger partial charge in [-0.05, 0) is 45.1 Å². The number of hydrogen-bond acceptors (Lipinski definition) is 5. The van der Waals surface area contributed by atoms with Gasteiger partial charge in [-0.2, -0.15) is 5.26 Å². The topological polar surface area (TPSA) is 95.1 Å². The van der Waals surface area contributed by atoms with Gasteiger partial charge in [0.15, 0.2) is 0 Å². The summed E-state index contributed by atoms with van der Waals surface area (Å²) in [6.45, 7) is 1.59. The number of piperidine rings is 1. The monoisotopic (exact) mass is 322 g/mol. The lowest BCUT2D eigenvalue weighted by molar-refractivity contribution is 0.197. The van der Waals surface area contributed by atoms with Gasteiger partial charge in [0.2, 0.25) is 5.88 Å².